The lowest BCUT2D eigenvalue weighted by molar-refractivity contribution is 0.306. The van der Waals surface area contributed by atoms with Crippen molar-refractivity contribution in [2.24, 2.45) is 0 Å². The largest absolute Gasteiger partial charge is 0.489 e. The van der Waals surface area contributed by atoms with Crippen LogP contribution >= 0.6 is 12.4 Å². The zero-order valence-electron chi connectivity index (χ0n) is 15.6. The van der Waals surface area contributed by atoms with Crippen molar-refractivity contribution >= 4 is 12.4 Å². The number of hydrogen-bond donors (Lipinski definition) is 1. The second-order valence-corrected chi connectivity index (χ2v) is 7.03. The second-order valence-electron chi connectivity index (χ2n) is 7.03. The smallest absolute Gasteiger partial charge is 0.119 e. The van der Waals surface area contributed by atoms with Crippen LogP contribution in [0.2, 0.25) is 0 Å². The Balaban J connectivity index is 0.00000210. The third-order valence-electron chi connectivity index (χ3n) is 5.38. The van der Waals surface area contributed by atoms with E-state index in [1.165, 1.54) is 22.3 Å². The highest BCUT2D eigenvalue weighted by atomic mass is 35.5. The molecule has 1 aliphatic rings. The highest BCUT2D eigenvalue weighted by molar-refractivity contribution is 5.85. The van der Waals surface area contributed by atoms with Gasteiger partial charge >= 0.3 is 0 Å². The molecule has 2 nitrogen and oxygen atoms in total. The van der Waals surface area contributed by atoms with E-state index >= 15 is 0 Å². The number of likely N-dealkylation sites (N-methyl/N-ethyl adjacent to an activating group) is 1. The number of benzene rings is 3. The average molecular weight is 380 g/mol. The molecule has 0 aromatic heterocycles. The molecule has 0 saturated heterocycles. The first-order chi connectivity index (χ1) is 12.8. The highest BCUT2D eigenvalue weighted by Gasteiger charge is 2.30. The molecule has 0 radical (unpaired) electrons. The van der Waals surface area contributed by atoms with Crippen LogP contribution in [0.4, 0.5) is 0 Å². The van der Waals surface area contributed by atoms with Crippen molar-refractivity contribution in [3.8, 4) is 5.75 Å². The first-order valence-corrected chi connectivity index (χ1v) is 9.34. The fraction of sp³-hybridized carbons (Fsp3) is 0.250. The van der Waals surface area contributed by atoms with Crippen molar-refractivity contribution in [3.63, 3.8) is 0 Å². The Bertz CT molecular complexity index is 848. The van der Waals surface area contributed by atoms with Gasteiger partial charge in [0, 0.05) is 12.0 Å². The molecule has 27 heavy (non-hydrogen) atoms. The van der Waals surface area contributed by atoms with Gasteiger partial charge in [-0.05, 0) is 54.3 Å². The molecule has 0 heterocycles. The lowest BCUT2D eigenvalue weighted by Gasteiger charge is -2.20. The number of ether oxygens (including phenoxy) is 1. The second kappa shape index (κ2) is 9.07. The molecule has 0 aliphatic heterocycles. The molecule has 2 atom stereocenters. The molecule has 0 amide bonds. The topological polar surface area (TPSA) is 21.3 Å². The minimum Gasteiger partial charge on any atom is -0.489 e. The van der Waals surface area contributed by atoms with Gasteiger partial charge < -0.3 is 10.1 Å². The van der Waals surface area contributed by atoms with Gasteiger partial charge in [0.05, 0.1) is 0 Å². The van der Waals surface area contributed by atoms with E-state index in [9.17, 15) is 0 Å². The molecular weight excluding hydrogens is 354 g/mol. The lowest BCUT2D eigenvalue weighted by atomic mass is 9.91. The SMILES string of the molecule is CN[C@@H]1Cc2ccccc2[C@H]1Cc1ccc(OCc2ccccc2)cc1.Cl. The van der Waals surface area contributed by atoms with Gasteiger partial charge in [-0.15, -0.1) is 12.4 Å². The van der Waals surface area contributed by atoms with Crippen LogP contribution in [-0.2, 0) is 19.4 Å². The maximum atomic E-state index is 5.90. The first kappa shape index (κ1) is 19.5. The summed E-state index contributed by atoms with van der Waals surface area (Å²) in [5.41, 5.74) is 5.53. The van der Waals surface area contributed by atoms with Crippen molar-refractivity contribution in [2.75, 3.05) is 7.05 Å². The lowest BCUT2D eigenvalue weighted by Crippen LogP contribution is -2.30. The predicted octanol–water partition coefficient (Wildman–Crippen LogP) is 5.16. The predicted molar refractivity (Wildman–Crippen MR) is 114 cm³/mol. The zero-order valence-corrected chi connectivity index (χ0v) is 16.4. The van der Waals surface area contributed by atoms with Crippen LogP contribution in [0.5, 0.6) is 5.75 Å². The minimum atomic E-state index is 0. The van der Waals surface area contributed by atoms with Crippen LogP contribution in [-0.4, -0.2) is 13.1 Å². The third kappa shape index (κ3) is 4.52. The Morgan fingerprint density at radius 3 is 2.30 bits per heavy atom. The summed E-state index contributed by atoms with van der Waals surface area (Å²) in [6.07, 6.45) is 2.18. The molecule has 0 bridgehead atoms. The molecule has 0 unspecified atom stereocenters. The Labute approximate surface area is 168 Å². The van der Waals surface area contributed by atoms with Crippen molar-refractivity contribution in [1.29, 1.82) is 0 Å². The summed E-state index contributed by atoms with van der Waals surface area (Å²) >= 11 is 0. The highest BCUT2D eigenvalue weighted by Crippen LogP contribution is 2.35. The van der Waals surface area contributed by atoms with Crippen molar-refractivity contribution in [3.05, 3.63) is 101 Å². The van der Waals surface area contributed by atoms with E-state index in [4.69, 9.17) is 4.74 Å². The Kier molecular flexibility index (Phi) is 6.54. The van der Waals surface area contributed by atoms with E-state index in [1.807, 2.05) is 18.2 Å². The molecule has 4 rings (SSSR count). The van der Waals surface area contributed by atoms with Gasteiger partial charge in [0.1, 0.15) is 12.4 Å². The molecule has 3 aromatic rings. The van der Waals surface area contributed by atoms with E-state index in [-0.39, 0.29) is 12.4 Å². The molecule has 3 aromatic carbocycles. The third-order valence-corrected chi connectivity index (χ3v) is 5.38. The van der Waals surface area contributed by atoms with Crippen molar-refractivity contribution < 1.29 is 4.74 Å². The average Bonchev–Trinajstić information content (AvgIpc) is 3.06. The Morgan fingerprint density at radius 1 is 0.852 bits per heavy atom. The quantitative estimate of drug-likeness (QED) is 0.638. The van der Waals surface area contributed by atoms with Crippen LogP contribution in [0.15, 0.2) is 78.9 Å². The summed E-state index contributed by atoms with van der Waals surface area (Å²) in [6.45, 7) is 0.609. The van der Waals surface area contributed by atoms with E-state index in [0.717, 1.165) is 18.6 Å². The summed E-state index contributed by atoms with van der Waals surface area (Å²) in [4.78, 5) is 0. The van der Waals surface area contributed by atoms with Gasteiger partial charge in [0.2, 0.25) is 0 Å². The van der Waals surface area contributed by atoms with Gasteiger partial charge in [-0.2, -0.15) is 0 Å². The van der Waals surface area contributed by atoms with Gasteiger partial charge in [-0.3, -0.25) is 0 Å². The molecule has 0 saturated carbocycles. The van der Waals surface area contributed by atoms with Gasteiger partial charge in [0.15, 0.2) is 0 Å². The Morgan fingerprint density at radius 2 is 1.56 bits per heavy atom. The number of fused-ring (bicyclic) bond motifs is 1. The van der Waals surface area contributed by atoms with Gasteiger partial charge in [-0.25, -0.2) is 0 Å². The summed E-state index contributed by atoms with van der Waals surface area (Å²) < 4.78 is 5.90. The molecule has 3 heteroatoms. The first-order valence-electron chi connectivity index (χ1n) is 9.34. The number of nitrogens with one attached hydrogen (secondary N) is 1. The van der Waals surface area contributed by atoms with Crippen molar-refractivity contribution in [1.82, 2.24) is 5.32 Å². The van der Waals surface area contributed by atoms with Crippen LogP contribution in [0, 0.1) is 0 Å². The number of halogens is 1. The molecule has 140 valence electrons. The summed E-state index contributed by atoms with van der Waals surface area (Å²) in [7, 11) is 2.07. The number of hydrogen-bond acceptors (Lipinski definition) is 2. The maximum Gasteiger partial charge on any atom is 0.119 e. The molecule has 1 N–H and O–H groups in total. The fourth-order valence-electron chi connectivity index (χ4n) is 3.95. The van der Waals surface area contributed by atoms with Gasteiger partial charge in [-0.1, -0.05) is 66.7 Å². The normalized spacial score (nSPS) is 17.8. The van der Waals surface area contributed by atoms with E-state index in [2.05, 4.69) is 73.0 Å². The van der Waals surface area contributed by atoms with E-state index in [1.54, 1.807) is 0 Å². The van der Waals surface area contributed by atoms with Crippen LogP contribution in [0.1, 0.15) is 28.2 Å². The van der Waals surface area contributed by atoms with Crippen LogP contribution < -0.4 is 10.1 Å². The molecule has 0 fully saturated rings. The van der Waals surface area contributed by atoms with E-state index in [0.29, 0.717) is 18.6 Å². The fourth-order valence-corrected chi connectivity index (χ4v) is 3.95. The van der Waals surface area contributed by atoms with Crippen LogP contribution in [0.3, 0.4) is 0 Å². The Hall–Kier alpha value is -2.29. The van der Waals surface area contributed by atoms with Crippen molar-refractivity contribution in [2.45, 2.75) is 31.4 Å². The zero-order chi connectivity index (χ0) is 17.8. The monoisotopic (exact) mass is 379 g/mol. The van der Waals surface area contributed by atoms with Crippen LogP contribution in [0.25, 0.3) is 0 Å². The standard InChI is InChI=1S/C24H25NO.ClH/c1-25-24-16-20-9-5-6-10-22(20)23(24)15-18-11-13-21(14-12-18)26-17-19-7-3-2-4-8-19;/h2-14,23-25H,15-17H2,1H3;1H/t23-,24-;/m1./s1. The minimum absolute atomic E-state index is 0. The summed E-state index contributed by atoms with van der Waals surface area (Å²) in [6, 6.07) is 28.2. The summed E-state index contributed by atoms with van der Waals surface area (Å²) in [5.74, 6) is 1.46. The summed E-state index contributed by atoms with van der Waals surface area (Å²) in [5, 5.41) is 3.51. The molecule has 1 aliphatic carbocycles. The number of rotatable bonds is 6. The molecule has 0 spiro atoms. The van der Waals surface area contributed by atoms with Gasteiger partial charge in [0.25, 0.3) is 0 Å². The van der Waals surface area contributed by atoms with E-state index < -0.39 is 0 Å². The molecular formula is C24H26ClNO. The maximum absolute atomic E-state index is 5.90.